The van der Waals surface area contributed by atoms with Crippen molar-refractivity contribution < 1.29 is 4.79 Å². The molecule has 0 saturated heterocycles. The van der Waals surface area contributed by atoms with Crippen LogP contribution in [-0.4, -0.2) is 49.1 Å². The van der Waals surface area contributed by atoms with Gasteiger partial charge in [-0.25, -0.2) is 4.98 Å². The highest BCUT2D eigenvalue weighted by molar-refractivity contribution is 6.02. The normalized spacial score (nSPS) is 18.3. The fourth-order valence-corrected chi connectivity index (χ4v) is 4.11. The van der Waals surface area contributed by atoms with Gasteiger partial charge in [-0.3, -0.25) is 9.78 Å². The van der Waals surface area contributed by atoms with Crippen LogP contribution in [-0.2, 0) is 19.4 Å². The van der Waals surface area contributed by atoms with Crippen molar-refractivity contribution in [3.63, 3.8) is 0 Å². The first-order valence-electron chi connectivity index (χ1n) is 9.97. The van der Waals surface area contributed by atoms with Crippen LogP contribution in [0.5, 0.6) is 0 Å². The highest BCUT2D eigenvalue weighted by atomic mass is 16.1. The molecule has 0 fully saturated rings. The van der Waals surface area contributed by atoms with E-state index in [9.17, 15) is 4.79 Å². The van der Waals surface area contributed by atoms with Gasteiger partial charge in [0.2, 0.25) is 0 Å². The largest absolute Gasteiger partial charge is 0.307 e. The van der Waals surface area contributed by atoms with Crippen molar-refractivity contribution in [2.45, 2.75) is 38.8 Å². The third-order valence-electron chi connectivity index (χ3n) is 5.73. The van der Waals surface area contributed by atoms with E-state index in [0.717, 1.165) is 49.6 Å². The molecule has 0 aliphatic carbocycles. The predicted octanol–water partition coefficient (Wildman–Crippen LogP) is 2.48. The molecule has 1 N–H and O–H groups in total. The highest BCUT2D eigenvalue weighted by Crippen LogP contribution is 2.30. The molecule has 8 nitrogen and oxygen atoms in total. The second-order valence-corrected chi connectivity index (χ2v) is 7.89. The number of rotatable bonds is 3. The molecule has 3 aromatic rings. The predicted molar refractivity (Wildman–Crippen MR) is 109 cm³/mol. The van der Waals surface area contributed by atoms with E-state index < -0.39 is 0 Å². The quantitative estimate of drug-likeness (QED) is 0.740. The molecule has 0 radical (unpaired) electrons. The number of amides is 1. The molecule has 0 spiro atoms. The summed E-state index contributed by atoms with van der Waals surface area (Å²) in [6.07, 6.45) is 4.78. The van der Waals surface area contributed by atoms with Gasteiger partial charge in [-0.2, -0.15) is 0 Å². The molecule has 1 atom stereocenters. The average molecular weight is 389 g/mol. The average Bonchev–Trinajstić information content (AvgIpc) is 3.31. The summed E-state index contributed by atoms with van der Waals surface area (Å²) in [6.45, 7) is 4.01. The van der Waals surface area contributed by atoms with E-state index >= 15 is 0 Å². The topological polar surface area (TPSA) is 88.8 Å². The maximum atomic E-state index is 12.8. The number of carbonyl (C=O) groups is 1. The van der Waals surface area contributed by atoms with Gasteiger partial charge in [0.15, 0.2) is 5.82 Å². The summed E-state index contributed by atoms with van der Waals surface area (Å²) < 4.78 is 2.13. The number of fused-ring (bicyclic) bond motifs is 2. The molecule has 2 aliphatic heterocycles. The second kappa shape index (κ2) is 7.04. The number of likely N-dealkylation sites (N-methyl/N-ethyl adjacent to an activating group) is 1. The Bertz CT molecular complexity index is 1090. The van der Waals surface area contributed by atoms with Crippen molar-refractivity contribution in [1.82, 2.24) is 29.6 Å². The van der Waals surface area contributed by atoms with E-state index in [1.165, 1.54) is 5.56 Å². The van der Waals surface area contributed by atoms with Gasteiger partial charge in [-0.1, -0.05) is 6.07 Å². The van der Waals surface area contributed by atoms with Crippen molar-refractivity contribution in [1.29, 1.82) is 0 Å². The van der Waals surface area contributed by atoms with Gasteiger partial charge < -0.3 is 14.8 Å². The maximum Gasteiger partial charge on any atom is 0.275 e. The summed E-state index contributed by atoms with van der Waals surface area (Å²) in [5.74, 6) is 1.96. The van der Waals surface area contributed by atoms with E-state index in [-0.39, 0.29) is 5.91 Å². The Morgan fingerprint density at radius 1 is 1.21 bits per heavy atom. The molecule has 0 saturated carbocycles. The molecule has 1 amide bonds. The molecule has 148 valence electrons. The van der Waals surface area contributed by atoms with Crippen LogP contribution < -0.4 is 5.32 Å². The minimum atomic E-state index is -0.259. The molecular formula is C21H23N7O. The number of carbonyl (C=O) groups excluding carboxylic acids is 1. The molecule has 0 unspecified atom stereocenters. The van der Waals surface area contributed by atoms with Crippen molar-refractivity contribution in [2.24, 2.45) is 0 Å². The number of nitrogens with zero attached hydrogens (tertiary/aromatic N) is 6. The van der Waals surface area contributed by atoms with Crippen LogP contribution in [0.3, 0.4) is 0 Å². The van der Waals surface area contributed by atoms with Crippen LogP contribution in [0.15, 0.2) is 30.5 Å². The smallest absolute Gasteiger partial charge is 0.275 e. The van der Waals surface area contributed by atoms with E-state index in [2.05, 4.69) is 48.9 Å². The summed E-state index contributed by atoms with van der Waals surface area (Å²) in [5, 5.41) is 11.5. The lowest BCUT2D eigenvalue weighted by atomic mass is 10.0. The number of anilines is 1. The number of aromatic nitrogens is 5. The molecular weight excluding hydrogens is 366 g/mol. The van der Waals surface area contributed by atoms with Crippen LogP contribution in [0, 0.1) is 0 Å². The zero-order chi connectivity index (χ0) is 20.0. The number of aryl methyl sites for hydroxylation is 1. The summed E-state index contributed by atoms with van der Waals surface area (Å²) >= 11 is 0. The molecule has 0 bridgehead atoms. The van der Waals surface area contributed by atoms with Crippen molar-refractivity contribution >= 4 is 11.7 Å². The summed E-state index contributed by atoms with van der Waals surface area (Å²) in [6, 6.07) is 7.78. The number of hydrogen-bond donors (Lipinski definition) is 1. The van der Waals surface area contributed by atoms with Gasteiger partial charge in [0.25, 0.3) is 5.91 Å². The molecule has 0 aromatic carbocycles. The van der Waals surface area contributed by atoms with E-state index in [4.69, 9.17) is 0 Å². The fraction of sp³-hybridized carbons (Fsp3) is 0.381. The SMILES string of the molecule is C[C@@H]1CCc2nnc(-c3cccc(NC(=O)c4cc5c(cn4)CCN(C)C5)n3)n21. The Hall–Kier alpha value is -3.13. The fourth-order valence-electron chi connectivity index (χ4n) is 4.11. The Balaban J connectivity index is 1.39. The van der Waals surface area contributed by atoms with E-state index in [1.807, 2.05) is 24.4 Å². The lowest BCUT2D eigenvalue weighted by Gasteiger charge is -2.24. The van der Waals surface area contributed by atoms with Crippen LogP contribution in [0.25, 0.3) is 11.5 Å². The van der Waals surface area contributed by atoms with E-state index in [1.54, 1.807) is 6.07 Å². The number of pyridine rings is 2. The molecule has 3 aromatic heterocycles. The van der Waals surface area contributed by atoms with Gasteiger partial charge in [-0.15, -0.1) is 10.2 Å². The zero-order valence-electron chi connectivity index (χ0n) is 16.6. The Morgan fingerprint density at radius 2 is 2.10 bits per heavy atom. The number of hydrogen-bond acceptors (Lipinski definition) is 6. The first-order chi connectivity index (χ1) is 14.1. The minimum Gasteiger partial charge on any atom is -0.307 e. The van der Waals surface area contributed by atoms with Gasteiger partial charge in [0.1, 0.15) is 23.0 Å². The molecule has 29 heavy (non-hydrogen) atoms. The van der Waals surface area contributed by atoms with Crippen LogP contribution in [0.1, 0.15) is 46.8 Å². The lowest BCUT2D eigenvalue weighted by molar-refractivity contribution is 0.102. The third kappa shape index (κ3) is 3.29. The van der Waals surface area contributed by atoms with Crippen molar-refractivity contribution in [2.75, 3.05) is 18.9 Å². The zero-order valence-corrected chi connectivity index (χ0v) is 16.6. The van der Waals surface area contributed by atoms with Gasteiger partial charge in [0.05, 0.1) is 0 Å². The van der Waals surface area contributed by atoms with E-state index in [0.29, 0.717) is 23.2 Å². The first-order valence-corrected chi connectivity index (χ1v) is 9.97. The molecule has 5 rings (SSSR count). The maximum absolute atomic E-state index is 12.8. The van der Waals surface area contributed by atoms with Crippen LogP contribution in [0.2, 0.25) is 0 Å². The summed E-state index contributed by atoms with van der Waals surface area (Å²) in [5.41, 5.74) is 3.49. The Kier molecular flexibility index (Phi) is 4.35. The first kappa shape index (κ1) is 17.9. The second-order valence-electron chi connectivity index (χ2n) is 7.89. The Morgan fingerprint density at radius 3 is 3.00 bits per heavy atom. The van der Waals surface area contributed by atoms with Crippen molar-refractivity contribution in [3.05, 3.63) is 53.1 Å². The highest BCUT2D eigenvalue weighted by Gasteiger charge is 2.25. The van der Waals surface area contributed by atoms with Gasteiger partial charge in [0, 0.05) is 31.7 Å². The summed E-state index contributed by atoms with van der Waals surface area (Å²) in [7, 11) is 2.08. The summed E-state index contributed by atoms with van der Waals surface area (Å²) in [4.78, 5) is 24.0. The molecule has 2 aliphatic rings. The van der Waals surface area contributed by atoms with Gasteiger partial charge in [-0.05, 0) is 56.1 Å². The third-order valence-corrected chi connectivity index (χ3v) is 5.73. The minimum absolute atomic E-state index is 0.259. The Labute approximate surface area is 169 Å². The molecule has 8 heteroatoms. The number of nitrogens with one attached hydrogen (secondary N) is 1. The van der Waals surface area contributed by atoms with Gasteiger partial charge >= 0.3 is 0 Å². The monoisotopic (exact) mass is 389 g/mol. The standard InChI is InChI=1S/C21H23N7O/c1-13-6-7-19-25-26-20(28(13)19)16-4-3-5-18(23-16)24-21(29)17-10-15-12-27(2)9-8-14(15)11-22-17/h3-5,10-11,13H,6-9,12H2,1-2H3,(H,23,24,29)/t13-/m1/s1. The van der Waals surface area contributed by atoms with Crippen LogP contribution in [0.4, 0.5) is 5.82 Å². The molecule has 5 heterocycles. The van der Waals surface area contributed by atoms with Crippen LogP contribution >= 0.6 is 0 Å². The lowest BCUT2D eigenvalue weighted by Crippen LogP contribution is -2.27. The van der Waals surface area contributed by atoms with Crippen molar-refractivity contribution in [3.8, 4) is 11.5 Å².